The number of carboxylic acids is 2. The van der Waals surface area contributed by atoms with E-state index < -0.39 is 11.9 Å². The van der Waals surface area contributed by atoms with Gasteiger partial charge in [0.15, 0.2) is 0 Å². The van der Waals surface area contributed by atoms with Crippen LogP contribution in [0.15, 0.2) is 0 Å². The molecule has 0 aliphatic carbocycles. The number of aliphatic carboxylic acids is 2. The largest absolute Gasteiger partial charge is 2.00 e. The first kappa shape index (κ1) is 31.2. The molecule has 0 aromatic heterocycles. The van der Waals surface area contributed by atoms with E-state index in [9.17, 15) is 19.8 Å². The minimum Gasteiger partial charge on any atom is -0.550 e. The second kappa shape index (κ2) is 36.1. The van der Waals surface area contributed by atoms with Crippen LogP contribution in [0.5, 0.6) is 0 Å². The van der Waals surface area contributed by atoms with Gasteiger partial charge in [-0.2, -0.15) is 0 Å². The third-order valence-electron chi connectivity index (χ3n) is 1.28. The fourth-order valence-electron chi connectivity index (χ4n) is 0. The predicted octanol–water partition coefficient (Wildman–Crippen LogP) is 1.15. The predicted molar refractivity (Wildman–Crippen MR) is 76.9 cm³/mol. The van der Waals surface area contributed by atoms with Crippen molar-refractivity contribution < 1.29 is 19.8 Å². The van der Waals surface area contributed by atoms with Gasteiger partial charge in [0.2, 0.25) is 0 Å². The smallest absolute Gasteiger partial charge is 0.550 e. The molecule has 0 aromatic rings. The normalized spacial score (nSPS) is 7.05. The van der Waals surface area contributed by atoms with Gasteiger partial charge >= 0.3 is 23.9 Å². The van der Waals surface area contributed by atoms with Gasteiger partial charge in [-0.15, -0.1) is 0 Å². The minimum atomic E-state index is -0.995. The minimum absolute atomic E-state index is 0. The monoisotopic (exact) mass is 380 g/mol. The van der Waals surface area contributed by atoms with Gasteiger partial charge in [-0.1, -0.05) is 67.2 Å². The third kappa shape index (κ3) is 133. The quantitative estimate of drug-likeness (QED) is 0.687. The first-order valence-electron chi connectivity index (χ1n) is 6.35. The summed E-state index contributed by atoms with van der Waals surface area (Å²) in [5, 5.41) is 18.5. The third-order valence-corrected chi connectivity index (χ3v) is 1.28. The number of rotatable bonds is 4. The molecule has 0 heterocycles. The average Bonchev–Trinajstić information content (AvgIpc) is 2.39. The van der Waals surface area contributed by atoms with Crippen LogP contribution in [0.25, 0.3) is 0 Å². The van der Waals surface area contributed by atoms with Gasteiger partial charge in [0.1, 0.15) is 0 Å². The molecular weight excluding hydrogens is 351 g/mol. The molecule has 0 amide bonds. The van der Waals surface area contributed by atoms with Gasteiger partial charge in [0, 0.05) is 11.9 Å². The standard InChI is InChI=1S/2C4H9.2C3H6O2.Sn/c2*1-3-4-2;2*1-2-3(4)5;/h2*1,3-4H2,2H3;2*2H2,1H3,(H,4,5);/q;;;;+2/p-2. The molecule has 112 valence electrons. The maximum absolute atomic E-state index is 9.26. The van der Waals surface area contributed by atoms with E-state index in [0.29, 0.717) is 0 Å². The first-order chi connectivity index (χ1) is 8.37. The van der Waals surface area contributed by atoms with Gasteiger partial charge in [0.25, 0.3) is 0 Å². The molecule has 0 saturated heterocycles. The van der Waals surface area contributed by atoms with Gasteiger partial charge in [0.05, 0.1) is 0 Å². The number of carbonyl (C=O) groups is 2. The summed E-state index contributed by atoms with van der Waals surface area (Å²) in [5.74, 6) is -1.99. The van der Waals surface area contributed by atoms with E-state index in [4.69, 9.17) is 0 Å². The molecule has 0 aromatic carbocycles. The summed E-state index contributed by atoms with van der Waals surface area (Å²) in [6.07, 6.45) is 4.78. The summed E-state index contributed by atoms with van der Waals surface area (Å²) in [6.45, 7) is 14.5. The second-order valence-corrected chi connectivity index (χ2v) is 3.16. The zero-order chi connectivity index (χ0) is 15.4. The Hall–Kier alpha value is -0.261. The van der Waals surface area contributed by atoms with E-state index in [0.717, 1.165) is 12.8 Å². The van der Waals surface area contributed by atoms with Gasteiger partial charge in [-0.25, -0.2) is 0 Å². The maximum Gasteiger partial charge on any atom is 2.00 e. The van der Waals surface area contributed by atoms with Crippen molar-refractivity contribution in [3.8, 4) is 0 Å². The molecule has 19 heavy (non-hydrogen) atoms. The van der Waals surface area contributed by atoms with E-state index in [1.807, 2.05) is 0 Å². The Bertz CT molecular complexity index is 140. The molecular formula is C14H28O4Sn. The van der Waals surface area contributed by atoms with Crippen LogP contribution in [0.3, 0.4) is 0 Å². The number of carbonyl (C=O) groups excluding carboxylic acids is 2. The van der Waals surface area contributed by atoms with Crippen molar-refractivity contribution in [1.82, 2.24) is 0 Å². The Balaban J connectivity index is -0.0000000453. The molecule has 0 atom stereocenters. The van der Waals surface area contributed by atoms with Crippen molar-refractivity contribution >= 4 is 35.8 Å². The fraction of sp³-hybridized carbons (Fsp3) is 0.714. The summed E-state index contributed by atoms with van der Waals surface area (Å²) >= 11 is 0. The van der Waals surface area contributed by atoms with Crippen LogP contribution in [0.1, 0.15) is 66.2 Å². The zero-order valence-electron chi connectivity index (χ0n) is 12.8. The van der Waals surface area contributed by atoms with Gasteiger partial charge in [-0.05, 0) is 12.8 Å². The van der Waals surface area contributed by atoms with E-state index in [2.05, 4.69) is 27.7 Å². The molecule has 0 fully saturated rings. The van der Waals surface area contributed by atoms with Crippen molar-refractivity contribution in [2.75, 3.05) is 0 Å². The maximum atomic E-state index is 9.26. The molecule has 0 N–H and O–H groups in total. The van der Waals surface area contributed by atoms with Crippen LogP contribution in [0.4, 0.5) is 0 Å². The van der Waals surface area contributed by atoms with Crippen LogP contribution < -0.4 is 10.2 Å². The van der Waals surface area contributed by atoms with Crippen molar-refractivity contribution in [1.29, 1.82) is 0 Å². The Labute approximate surface area is 135 Å². The van der Waals surface area contributed by atoms with Crippen LogP contribution in [-0.4, -0.2) is 35.8 Å². The second-order valence-electron chi connectivity index (χ2n) is 3.16. The summed E-state index contributed by atoms with van der Waals surface area (Å²) < 4.78 is 0. The number of hydrogen-bond acceptors (Lipinski definition) is 4. The molecule has 0 bridgehead atoms. The summed E-state index contributed by atoms with van der Waals surface area (Å²) in [4.78, 5) is 18.5. The molecule has 0 saturated carbocycles. The Kier molecular flexibility index (Phi) is 59.3. The zero-order valence-corrected chi connectivity index (χ0v) is 15.6. The Morgan fingerprint density at radius 2 is 0.895 bits per heavy atom. The number of unbranched alkanes of at least 4 members (excludes halogenated alkanes) is 2. The van der Waals surface area contributed by atoms with E-state index in [-0.39, 0.29) is 36.7 Å². The van der Waals surface area contributed by atoms with Gasteiger partial charge in [-0.3, -0.25) is 0 Å². The Morgan fingerprint density at radius 1 is 0.789 bits per heavy atom. The van der Waals surface area contributed by atoms with Crippen LogP contribution in [0.2, 0.25) is 0 Å². The summed E-state index contributed by atoms with van der Waals surface area (Å²) in [5.41, 5.74) is 0. The van der Waals surface area contributed by atoms with Crippen molar-refractivity contribution in [2.24, 2.45) is 0 Å². The molecule has 0 rings (SSSR count). The van der Waals surface area contributed by atoms with Crippen molar-refractivity contribution in [3.63, 3.8) is 0 Å². The van der Waals surface area contributed by atoms with Gasteiger partial charge < -0.3 is 19.8 Å². The van der Waals surface area contributed by atoms with E-state index >= 15 is 0 Å². The average molecular weight is 379 g/mol. The SMILES string of the molecule is CCC(=O)[O-].CCC(=O)[O-].[CH2]CCC.[CH2]CCC.[Sn+2]. The molecule has 0 unspecified atom stereocenters. The molecule has 0 spiro atoms. The first-order valence-corrected chi connectivity index (χ1v) is 6.35. The van der Waals surface area contributed by atoms with Crippen molar-refractivity contribution in [2.45, 2.75) is 66.2 Å². The fourth-order valence-corrected chi connectivity index (χ4v) is 0. The molecule has 0 aliphatic heterocycles. The van der Waals surface area contributed by atoms with Crippen molar-refractivity contribution in [3.05, 3.63) is 13.8 Å². The molecule has 4 radical (unpaired) electrons. The Morgan fingerprint density at radius 3 is 0.895 bits per heavy atom. The molecule has 4 nitrogen and oxygen atoms in total. The number of hydrogen-bond donors (Lipinski definition) is 0. The van der Waals surface area contributed by atoms with Crippen LogP contribution in [-0.2, 0) is 9.59 Å². The number of carboxylic acid groups (broad SMARTS) is 2. The van der Waals surface area contributed by atoms with E-state index in [1.165, 1.54) is 26.7 Å². The van der Waals surface area contributed by atoms with Crippen LogP contribution in [0, 0.1) is 13.8 Å². The molecule has 0 aliphatic rings. The van der Waals surface area contributed by atoms with Crippen LogP contribution >= 0.6 is 0 Å². The van der Waals surface area contributed by atoms with E-state index in [1.54, 1.807) is 0 Å². The summed E-state index contributed by atoms with van der Waals surface area (Å²) in [6, 6.07) is 0. The topological polar surface area (TPSA) is 80.3 Å². The molecule has 5 heteroatoms. The summed E-state index contributed by atoms with van der Waals surface area (Å²) in [7, 11) is 0.